The summed E-state index contributed by atoms with van der Waals surface area (Å²) in [6, 6.07) is 24.8. The van der Waals surface area contributed by atoms with Crippen LogP contribution in [0.15, 0.2) is 91.0 Å². The molecule has 3 aromatic carbocycles. The van der Waals surface area contributed by atoms with Gasteiger partial charge < -0.3 is 9.47 Å². The molecular formula is C25H20O3. The van der Waals surface area contributed by atoms with Crippen molar-refractivity contribution in [1.82, 2.24) is 0 Å². The molecule has 1 aliphatic heterocycles. The van der Waals surface area contributed by atoms with Gasteiger partial charge >= 0.3 is 0 Å². The summed E-state index contributed by atoms with van der Waals surface area (Å²) in [5, 5.41) is 0. The zero-order chi connectivity index (χ0) is 19.3. The van der Waals surface area contributed by atoms with Crippen LogP contribution in [0.25, 0.3) is 11.3 Å². The minimum Gasteiger partial charge on any atom is -0.490 e. The Bertz CT molecular complexity index is 1050. The third-order valence-electron chi connectivity index (χ3n) is 4.49. The van der Waals surface area contributed by atoms with Gasteiger partial charge in [0.25, 0.3) is 0 Å². The minimum atomic E-state index is -0.0473. The highest BCUT2D eigenvalue weighted by molar-refractivity contribution is 6.11. The summed E-state index contributed by atoms with van der Waals surface area (Å²) >= 11 is 0. The molecule has 0 spiro atoms. The van der Waals surface area contributed by atoms with E-state index in [0.29, 0.717) is 29.4 Å². The second-order valence-electron chi connectivity index (χ2n) is 6.37. The Hall–Kier alpha value is -3.59. The highest BCUT2D eigenvalue weighted by Crippen LogP contribution is 2.43. The fourth-order valence-corrected chi connectivity index (χ4v) is 3.17. The molecule has 0 radical (unpaired) electrons. The lowest BCUT2D eigenvalue weighted by Gasteiger charge is -2.22. The molecule has 0 bridgehead atoms. The number of ether oxygens (including phenoxy) is 2. The molecule has 0 aliphatic carbocycles. The molecule has 0 N–H and O–H groups in total. The average molecular weight is 368 g/mol. The Morgan fingerprint density at radius 3 is 2.36 bits per heavy atom. The molecule has 1 heterocycles. The summed E-state index contributed by atoms with van der Waals surface area (Å²) in [6.45, 7) is 2.47. The maximum absolute atomic E-state index is 12.8. The van der Waals surface area contributed by atoms with E-state index in [9.17, 15) is 4.79 Å². The van der Waals surface area contributed by atoms with Crippen molar-refractivity contribution in [3.63, 3.8) is 0 Å². The van der Waals surface area contributed by atoms with Gasteiger partial charge in [0.05, 0.1) is 6.61 Å². The van der Waals surface area contributed by atoms with Gasteiger partial charge in [-0.25, -0.2) is 0 Å². The summed E-state index contributed by atoms with van der Waals surface area (Å²) in [7, 11) is 0. The third-order valence-corrected chi connectivity index (χ3v) is 4.49. The van der Waals surface area contributed by atoms with Crippen molar-refractivity contribution in [2.75, 3.05) is 6.61 Å². The van der Waals surface area contributed by atoms with Crippen LogP contribution in [0.3, 0.4) is 0 Å². The normalized spacial score (nSPS) is 14.0. The molecule has 3 heteroatoms. The van der Waals surface area contributed by atoms with Gasteiger partial charge in [-0.3, -0.25) is 4.79 Å². The SMILES string of the molecule is CCOc1cccc2c1OC(c1ccccc1)=C/C2=C\C(=O)c1ccccc1. The fourth-order valence-electron chi connectivity index (χ4n) is 3.17. The molecule has 0 saturated heterocycles. The van der Waals surface area contributed by atoms with E-state index in [1.54, 1.807) is 6.08 Å². The number of carbonyl (C=O) groups is 1. The molecular weight excluding hydrogens is 348 g/mol. The van der Waals surface area contributed by atoms with Crippen molar-refractivity contribution in [3.05, 3.63) is 108 Å². The van der Waals surface area contributed by atoms with Crippen LogP contribution in [0.2, 0.25) is 0 Å². The molecule has 0 amide bonds. The zero-order valence-electron chi connectivity index (χ0n) is 15.6. The van der Waals surface area contributed by atoms with Gasteiger partial charge in [0.1, 0.15) is 5.76 Å². The van der Waals surface area contributed by atoms with E-state index in [1.165, 1.54) is 0 Å². The lowest BCUT2D eigenvalue weighted by Crippen LogP contribution is -2.07. The lowest BCUT2D eigenvalue weighted by atomic mass is 9.96. The summed E-state index contributed by atoms with van der Waals surface area (Å²) in [4.78, 5) is 12.8. The number of ketones is 1. The van der Waals surface area contributed by atoms with Crippen LogP contribution in [0, 0.1) is 0 Å². The second kappa shape index (κ2) is 7.97. The van der Waals surface area contributed by atoms with Gasteiger partial charge in [-0.05, 0) is 30.7 Å². The third kappa shape index (κ3) is 3.60. The first-order chi connectivity index (χ1) is 13.8. The number of rotatable bonds is 5. The Balaban J connectivity index is 1.83. The smallest absolute Gasteiger partial charge is 0.186 e. The summed E-state index contributed by atoms with van der Waals surface area (Å²) < 4.78 is 12.0. The number of para-hydroxylation sites is 1. The Labute approximate surface area is 164 Å². The van der Waals surface area contributed by atoms with E-state index in [-0.39, 0.29) is 5.78 Å². The van der Waals surface area contributed by atoms with E-state index in [1.807, 2.05) is 91.9 Å². The van der Waals surface area contributed by atoms with E-state index < -0.39 is 0 Å². The average Bonchev–Trinajstić information content (AvgIpc) is 2.75. The largest absolute Gasteiger partial charge is 0.490 e. The van der Waals surface area contributed by atoms with Crippen molar-refractivity contribution in [1.29, 1.82) is 0 Å². The molecule has 4 rings (SSSR count). The topological polar surface area (TPSA) is 35.5 Å². The van der Waals surface area contributed by atoms with E-state index >= 15 is 0 Å². The molecule has 3 aromatic rings. The minimum absolute atomic E-state index is 0.0473. The summed E-state index contributed by atoms with van der Waals surface area (Å²) in [5.74, 6) is 1.94. The molecule has 138 valence electrons. The number of allylic oxidation sites excluding steroid dienone is 3. The highest BCUT2D eigenvalue weighted by atomic mass is 16.5. The second-order valence-corrected chi connectivity index (χ2v) is 6.37. The van der Waals surface area contributed by atoms with E-state index in [0.717, 1.165) is 16.7 Å². The van der Waals surface area contributed by atoms with Gasteiger partial charge in [0.15, 0.2) is 17.3 Å². The number of hydrogen-bond acceptors (Lipinski definition) is 3. The van der Waals surface area contributed by atoms with Crippen molar-refractivity contribution < 1.29 is 14.3 Å². The van der Waals surface area contributed by atoms with Gasteiger partial charge in [-0.1, -0.05) is 72.8 Å². The summed E-state index contributed by atoms with van der Waals surface area (Å²) in [6.07, 6.45) is 3.57. The summed E-state index contributed by atoms with van der Waals surface area (Å²) in [5.41, 5.74) is 3.24. The van der Waals surface area contributed by atoms with Gasteiger partial charge in [0.2, 0.25) is 0 Å². The van der Waals surface area contributed by atoms with Crippen molar-refractivity contribution in [2.45, 2.75) is 6.92 Å². The molecule has 3 nitrogen and oxygen atoms in total. The van der Waals surface area contributed by atoms with E-state index in [4.69, 9.17) is 9.47 Å². The first-order valence-corrected chi connectivity index (χ1v) is 9.28. The van der Waals surface area contributed by atoms with Crippen molar-refractivity contribution >= 4 is 17.1 Å². The molecule has 0 aromatic heterocycles. The number of hydrogen-bond donors (Lipinski definition) is 0. The molecule has 0 atom stereocenters. The lowest BCUT2D eigenvalue weighted by molar-refractivity contribution is 0.104. The predicted molar refractivity (Wildman–Crippen MR) is 111 cm³/mol. The maximum Gasteiger partial charge on any atom is 0.186 e. The highest BCUT2D eigenvalue weighted by Gasteiger charge is 2.22. The quantitative estimate of drug-likeness (QED) is 0.423. The number of carbonyl (C=O) groups excluding carboxylic acids is 1. The molecule has 0 fully saturated rings. The standard InChI is InChI=1S/C25H20O3/c1-2-27-23-15-9-14-21-20(16-22(26)18-10-5-3-6-11-18)17-24(28-25(21)23)19-12-7-4-8-13-19/h3-17H,2H2,1H3/b20-16+. The first kappa shape index (κ1) is 17.8. The van der Waals surface area contributed by atoms with Crippen LogP contribution >= 0.6 is 0 Å². The molecule has 0 saturated carbocycles. The number of benzene rings is 3. The van der Waals surface area contributed by atoms with Gasteiger partial charge in [0, 0.05) is 16.7 Å². The monoisotopic (exact) mass is 368 g/mol. The van der Waals surface area contributed by atoms with Crippen molar-refractivity contribution in [2.24, 2.45) is 0 Å². The first-order valence-electron chi connectivity index (χ1n) is 9.28. The number of fused-ring (bicyclic) bond motifs is 1. The maximum atomic E-state index is 12.8. The van der Waals surface area contributed by atoms with Crippen LogP contribution < -0.4 is 9.47 Å². The van der Waals surface area contributed by atoms with Gasteiger partial charge in [-0.15, -0.1) is 0 Å². The zero-order valence-corrected chi connectivity index (χ0v) is 15.6. The van der Waals surface area contributed by atoms with E-state index in [2.05, 4.69) is 0 Å². The van der Waals surface area contributed by atoms with Gasteiger partial charge in [-0.2, -0.15) is 0 Å². The van der Waals surface area contributed by atoms with Crippen LogP contribution in [0.1, 0.15) is 28.4 Å². The van der Waals surface area contributed by atoms with Crippen LogP contribution in [-0.4, -0.2) is 12.4 Å². The Kier molecular flexibility index (Phi) is 5.07. The fraction of sp³-hybridized carbons (Fsp3) is 0.0800. The van der Waals surface area contributed by atoms with Crippen LogP contribution in [0.4, 0.5) is 0 Å². The van der Waals surface area contributed by atoms with Crippen LogP contribution in [-0.2, 0) is 0 Å². The molecule has 28 heavy (non-hydrogen) atoms. The predicted octanol–water partition coefficient (Wildman–Crippen LogP) is 5.79. The molecule has 0 unspecified atom stereocenters. The Morgan fingerprint density at radius 1 is 0.929 bits per heavy atom. The Morgan fingerprint density at radius 2 is 1.64 bits per heavy atom. The van der Waals surface area contributed by atoms with Crippen LogP contribution in [0.5, 0.6) is 11.5 Å². The molecule has 1 aliphatic rings. The van der Waals surface area contributed by atoms with Crippen molar-refractivity contribution in [3.8, 4) is 11.5 Å².